The van der Waals surface area contributed by atoms with Gasteiger partial charge in [-0.3, -0.25) is 0 Å². The van der Waals surface area contributed by atoms with E-state index in [2.05, 4.69) is 5.32 Å². The second-order valence-corrected chi connectivity index (χ2v) is 5.51. The Morgan fingerprint density at radius 3 is 2.56 bits per heavy atom. The second-order valence-electron chi connectivity index (χ2n) is 5.51. The molecule has 94 valence electrons. The maximum absolute atomic E-state index is 11.5. The summed E-state index contributed by atoms with van der Waals surface area (Å²) < 4.78 is 5.20. The molecule has 1 unspecified atom stereocenters. The van der Waals surface area contributed by atoms with Crippen LogP contribution in [0, 0.1) is 0 Å². The number of aliphatic hydroxyl groups is 1. The molecule has 0 bridgehead atoms. The first-order valence-electron chi connectivity index (χ1n) is 6.04. The van der Waals surface area contributed by atoms with Crippen LogP contribution >= 0.6 is 0 Å². The van der Waals surface area contributed by atoms with Crippen LogP contribution in [0.3, 0.4) is 0 Å². The number of alkyl carbamates (subject to hydrolysis) is 1. The molecule has 2 atom stereocenters. The molecular weight excluding hydrogens is 206 g/mol. The molecule has 1 rings (SSSR count). The van der Waals surface area contributed by atoms with Crippen molar-refractivity contribution in [2.24, 2.45) is 0 Å². The fourth-order valence-electron chi connectivity index (χ4n) is 1.90. The van der Waals surface area contributed by atoms with Gasteiger partial charge in [0.05, 0.1) is 6.10 Å². The molecule has 4 heteroatoms. The predicted octanol–water partition coefficient (Wildman–Crippen LogP) is 2.20. The molecular formula is C12H23NO3. The molecule has 1 amide bonds. The van der Waals surface area contributed by atoms with Crippen molar-refractivity contribution in [2.45, 2.75) is 70.6 Å². The van der Waals surface area contributed by atoms with E-state index in [4.69, 9.17) is 4.74 Å². The van der Waals surface area contributed by atoms with Crippen LogP contribution in [0.4, 0.5) is 4.79 Å². The topological polar surface area (TPSA) is 58.6 Å². The lowest BCUT2D eigenvalue weighted by molar-refractivity contribution is 0.0498. The van der Waals surface area contributed by atoms with Crippen molar-refractivity contribution in [1.82, 2.24) is 5.32 Å². The van der Waals surface area contributed by atoms with E-state index >= 15 is 0 Å². The summed E-state index contributed by atoms with van der Waals surface area (Å²) >= 11 is 0. The number of hydrogen-bond donors (Lipinski definition) is 2. The monoisotopic (exact) mass is 229 g/mol. The molecule has 0 radical (unpaired) electrons. The average molecular weight is 229 g/mol. The van der Waals surface area contributed by atoms with Gasteiger partial charge < -0.3 is 15.2 Å². The van der Waals surface area contributed by atoms with Crippen molar-refractivity contribution in [3.05, 3.63) is 0 Å². The van der Waals surface area contributed by atoms with Crippen LogP contribution in [0.25, 0.3) is 0 Å². The molecule has 1 saturated carbocycles. The summed E-state index contributed by atoms with van der Waals surface area (Å²) in [6.45, 7) is 5.55. The molecule has 0 aromatic carbocycles. The van der Waals surface area contributed by atoms with Crippen LogP contribution in [-0.4, -0.2) is 28.9 Å². The zero-order chi connectivity index (χ0) is 12.2. The third-order valence-corrected chi connectivity index (χ3v) is 2.66. The van der Waals surface area contributed by atoms with E-state index in [1.54, 1.807) is 0 Å². The zero-order valence-corrected chi connectivity index (χ0v) is 10.5. The minimum atomic E-state index is -0.450. The summed E-state index contributed by atoms with van der Waals surface area (Å²) in [6.07, 6.45) is 3.77. The summed E-state index contributed by atoms with van der Waals surface area (Å²) in [4.78, 5) is 11.5. The van der Waals surface area contributed by atoms with Crippen LogP contribution in [0.2, 0.25) is 0 Å². The van der Waals surface area contributed by atoms with Crippen molar-refractivity contribution in [3.8, 4) is 0 Å². The highest BCUT2D eigenvalue weighted by Crippen LogP contribution is 2.18. The second kappa shape index (κ2) is 5.53. The van der Waals surface area contributed by atoms with Gasteiger partial charge in [0.1, 0.15) is 5.60 Å². The van der Waals surface area contributed by atoms with E-state index in [-0.39, 0.29) is 18.2 Å². The number of rotatable bonds is 1. The fourth-order valence-corrected chi connectivity index (χ4v) is 1.90. The number of carbonyl (C=O) groups is 1. The van der Waals surface area contributed by atoms with Gasteiger partial charge in [0, 0.05) is 6.04 Å². The molecule has 0 saturated heterocycles. The van der Waals surface area contributed by atoms with Crippen molar-refractivity contribution < 1.29 is 14.6 Å². The van der Waals surface area contributed by atoms with Gasteiger partial charge in [0.25, 0.3) is 0 Å². The van der Waals surface area contributed by atoms with E-state index in [9.17, 15) is 9.90 Å². The molecule has 0 aliphatic heterocycles. The molecule has 0 aromatic heterocycles. The number of nitrogens with one attached hydrogen (secondary N) is 1. The van der Waals surface area contributed by atoms with Crippen molar-refractivity contribution in [2.75, 3.05) is 0 Å². The molecule has 1 fully saturated rings. The van der Waals surface area contributed by atoms with Crippen LogP contribution < -0.4 is 5.32 Å². The third-order valence-electron chi connectivity index (χ3n) is 2.66. The highest BCUT2D eigenvalue weighted by atomic mass is 16.6. The zero-order valence-electron chi connectivity index (χ0n) is 10.5. The number of aliphatic hydroxyl groups excluding tert-OH is 1. The van der Waals surface area contributed by atoms with E-state index in [0.717, 1.165) is 32.1 Å². The summed E-state index contributed by atoms with van der Waals surface area (Å²) in [5.74, 6) is 0. The van der Waals surface area contributed by atoms with Gasteiger partial charge in [-0.1, -0.05) is 0 Å². The largest absolute Gasteiger partial charge is 0.444 e. The van der Waals surface area contributed by atoms with E-state index in [1.807, 2.05) is 20.8 Å². The lowest BCUT2D eigenvalue weighted by Crippen LogP contribution is -2.38. The smallest absolute Gasteiger partial charge is 0.407 e. The number of carbonyl (C=O) groups excluding carboxylic acids is 1. The van der Waals surface area contributed by atoms with Crippen LogP contribution in [-0.2, 0) is 4.74 Å². The Morgan fingerprint density at radius 2 is 1.94 bits per heavy atom. The minimum absolute atomic E-state index is 0.145. The number of hydrogen-bond acceptors (Lipinski definition) is 3. The van der Waals surface area contributed by atoms with Gasteiger partial charge in [-0.25, -0.2) is 4.79 Å². The summed E-state index contributed by atoms with van der Waals surface area (Å²) in [5, 5.41) is 12.3. The average Bonchev–Trinajstić information content (AvgIpc) is 2.27. The number of amides is 1. The molecule has 1 aliphatic carbocycles. The van der Waals surface area contributed by atoms with E-state index < -0.39 is 5.60 Å². The summed E-state index contributed by atoms with van der Waals surface area (Å²) in [5.41, 5.74) is -0.450. The first kappa shape index (κ1) is 13.3. The van der Waals surface area contributed by atoms with Gasteiger partial charge >= 0.3 is 6.09 Å². The van der Waals surface area contributed by atoms with Crippen LogP contribution in [0.5, 0.6) is 0 Å². The maximum Gasteiger partial charge on any atom is 0.407 e. The SMILES string of the molecule is CC(C)(C)OC(=O)NC1CCC[C@H](O)CC1. The number of ether oxygens (including phenoxy) is 1. The fraction of sp³-hybridized carbons (Fsp3) is 0.917. The van der Waals surface area contributed by atoms with E-state index in [1.165, 1.54) is 0 Å². The van der Waals surface area contributed by atoms with Gasteiger partial charge in [0.15, 0.2) is 0 Å². The first-order valence-corrected chi connectivity index (χ1v) is 6.04. The Labute approximate surface area is 97.4 Å². The molecule has 2 N–H and O–H groups in total. The maximum atomic E-state index is 11.5. The predicted molar refractivity (Wildman–Crippen MR) is 62.2 cm³/mol. The van der Waals surface area contributed by atoms with Crippen molar-refractivity contribution in [3.63, 3.8) is 0 Å². The Kier molecular flexibility index (Phi) is 4.59. The van der Waals surface area contributed by atoms with Gasteiger partial charge in [-0.15, -0.1) is 0 Å². The van der Waals surface area contributed by atoms with Gasteiger partial charge in [-0.05, 0) is 52.9 Å². The van der Waals surface area contributed by atoms with Crippen LogP contribution in [0.15, 0.2) is 0 Å². The molecule has 0 aromatic rings. The van der Waals surface area contributed by atoms with Crippen molar-refractivity contribution >= 4 is 6.09 Å². The standard InChI is InChI=1S/C12H23NO3/c1-12(2,3)16-11(15)13-9-5-4-6-10(14)8-7-9/h9-10,14H,4-8H2,1-3H3,(H,13,15)/t9?,10-/m0/s1. The highest BCUT2D eigenvalue weighted by molar-refractivity contribution is 5.68. The third kappa shape index (κ3) is 5.35. The molecule has 4 nitrogen and oxygen atoms in total. The minimum Gasteiger partial charge on any atom is -0.444 e. The lowest BCUT2D eigenvalue weighted by atomic mass is 10.1. The Balaban J connectivity index is 2.33. The van der Waals surface area contributed by atoms with E-state index in [0.29, 0.717) is 0 Å². The van der Waals surface area contributed by atoms with Gasteiger partial charge in [0.2, 0.25) is 0 Å². The van der Waals surface area contributed by atoms with Crippen LogP contribution in [0.1, 0.15) is 52.9 Å². The summed E-state index contributed by atoms with van der Waals surface area (Å²) in [7, 11) is 0. The molecule has 0 spiro atoms. The molecule has 16 heavy (non-hydrogen) atoms. The van der Waals surface area contributed by atoms with Gasteiger partial charge in [-0.2, -0.15) is 0 Å². The van der Waals surface area contributed by atoms with Crippen molar-refractivity contribution in [1.29, 1.82) is 0 Å². The Bertz CT molecular complexity index is 235. The Morgan fingerprint density at radius 1 is 1.25 bits per heavy atom. The highest BCUT2D eigenvalue weighted by Gasteiger charge is 2.22. The molecule has 1 aliphatic rings. The quantitative estimate of drug-likeness (QED) is 0.678. The summed E-state index contributed by atoms with van der Waals surface area (Å²) in [6, 6.07) is 0.145. The lowest BCUT2D eigenvalue weighted by Gasteiger charge is -2.22. The normalized spacial score (nSPS) is 27.0. The Hall–Kier alpha value is -0.770. The molecule has 0 heterocycles. The first-order chi connectivity index (χ1) is 7.37.